The first-order chi connectivity index (χ1) is 17.3. The third-order valence-corrected chi connectivity index (χ3v) is 6.88. The van der Waals surface area contributed by atoms with E-state index in [0.717, 1.165) is 24.2 Å². The Hall–Kier alpha value is -4.08. The smallest absolute Gasteiger partial charge is 0.325 e. The number of anilines is 2. The van der Waals surface area contributed by atoms with Crippen molar-refractivity contribution in [1.29, 1.82) is 0 Å². The highest BCUT2D eigenvalue weighted by Crippen LogP contribution is 2.39. The number of methoxy groups -OCH3 is 2. The van der Waals surface area contributed by atoms with Gasteiger partial charge in [-0.3, -0.25) is 19.3 Å². The number of imide groups is 1. The van der Waals surface area contributed by atoms with Crippen molar-refractivity contribution in [3.05, 3.63) is 48.0 Å². The third kappa shape index (κ3) is 4.71. The summed E-state index contributed by atoms with van der Waals surface area (Å²) < 4.78 is 10.8. The fourth-order valence-electron chi connectivity index (χ4n) is 4.85. The summed E-state index contributed by atoms with van der Waals surface area (Å²) in [7, 11) is 2.86. The van der Waals surface area contributed by atoms with Gasteiger partial charge in [0.15, 0.2) is 0 Å². The average Bonchev–Trinajstić information content (AvgIpc) is 3.11. The molecule has 5 amide bonds. The molecule has 2 aromatic rings. The zero-order valence-electron chi connectivity index (χ0n) is 20.6. The molecule has 2 aromatic carbocycles. The normalized spacial score (nSPS) is 21.2. The number of hydrogen-bond donors (Lipinski definition) is 3. The molecule has 1 saturated heterocycles. The van der Waals surface area contributed by atoms with E-state index < -0.39 is 24.0 Å². The summed E-state index contributed by atoms with van der Waals surface area (Å²) >= 11 is 0. The minimum absolute atomic E-state index is 0.00115. The van der Waals surface area contributed by atoms with Crippen LogP contribution in [-0.4, -0.2) is 55.0 Å². The number of ether oxygens (including phenoxy) is 2. The number of urea groups is 1. The fraction of sp³-hybridized carbons (Fsp3) is 0.385. The van der Waals surface area contributed by atoms with Gasteiger partial charge in [0.25, 0.3) is 11.8 Å². The molecule has 1 aliphatic heterocycles. The fourth-order valence-corrected chi connectivity index (χ4v) is 4.85. The van der Waals surface area contributed by atoms with Crippen LogP contribution in [0.5, 0.6) is 11.5 Å². The van der Waals surface area contributed by atoms with Crippen LogP contribution in [0.1, 0.15) is 43.0 Å². The Morgan fingerprint density at radius 2 is 1.67 bits per heavy atom. The monoisotopic (exact) mass is 494 g/mol. The molecule has 0 radical (unpaired) electrons. The van der Waals surface area contributed by atoms with E-state index in [1.807, 2.05) is 13.0 Å². The number of nitrogens with zero attached hydrogens (tertiary/aromatic N) is 1. The maximum absolute atomic E-state index is 13.2. The Morgan fingerprint density at radius 1 is 1.03 bits per heavy atom. The number of hydrogen-bond acceptors (Lipinski definition) is 6. The molecule has 0 aromatic heterocycles. The zero-order valence-corrected chi connectivity index (χ0v) is 20.6. The Morgan fingerprint density at radius 3 is 2.28 bits per heavy atom. The molecule has 4 rings (SSSR count). The lowest BCUT2D eigenvalue weighted by atomic mass is 9.73. The van der Waals surface area contributed by atoms with Crippen LogP contribution in [0.25, 0.3) is 0 Å². The molecule has 1 saturated carbocycles. The number of rotatable bonds is 7. The summed E-state index contributed by atoms with van der Waals surface area (Å²) in [5, 5.41) is 8.31. The van der Waals surface area contributed by atoms with E-state index in [-0.39, 0.29) is 29.2 Å². The first-order valence-corrected chi connectivity index (χ1v) is 11.9. The molecule has 190 valence electrons. The molecule has 10 nitrogen and oxygen atoms in total. The highest BCUT2D eigenvalue weighted by molar-refractivity contribution is 6.10. The SMILES string of the molecule is COc1cc(NC(=O)c2ccccc2)c(OC)cc1NC(=O)CN1C(=O)N[C@@]2(CCCC[C@@H]2C)C1=O. The van der Waals surface area contributed by atoms with E-state index in [1.165, 1.54) is 26.4 Å². The second kappa shape index (κ2) is 10.3. The van der Waals surface area contributed by atoms with Crippen LogP contribution in [0.2, 0.25) is 0 Å². The summed E-state index contributed by atoms with van der Waals surface area (Å²) in [6, 6.07) is 11.2. The molecule has 10 heteroatoms. The van der Waals surface area contributed by atoms with Crippen molar-refractivity contribution in [2.45, 2.75) is 38.1 Å². The van der Waals surface area contributed by atoms with Crippen molar-refractivity contribution in [2.75, 3.05) is 31.4 Å². The Kier molecular flexibility index (Phi) is 7.14. The van der Waals surface area contributed by atoms with Crippen LogP contribution in [0.4, 0.5) is 16.2 Å². The summed E-state index contributed by atoms with van der Waals surface area (Å²) in [5.74, 6) is -0.711. The van der Waals surface area contributed by atoms with Crippen molar-refractivity contribution in [1.82, 2.24) is 10.2 Å². The van der Waals surface area contributed by atoms with Gasteiger partial charge in [0.2, 0.25) is 5.91 Å². The highest BCUT2D eigenvalue weighted by atomic mass is 16.5. The van der Waals surface area contributed by atoms with E-state index in [0.29, 0.717) is 23.4 Å². The van der Waals surface area contributed by atoms with Crippen LogP contribution in [0.15, 0.2) is 42.5 Å². The van der Waals surface area contributed by atoms with Gasteiger partial charge in [0.05, 0.1) is 25.6 Å². The minimum Gasteiger partial charge on any atom is -0.494 e. The van der Waals surface area contributed by atoms with Gasteiger partial charge in [-0.25, -0.2) is 4.79 Å². The molecule has 1 heterocycles. The molecule has 0 unspecified atom stereocenters. The van der Waals surface area contributed by atoms with Crippen LogP contribution in [-0.2, 0) is 9.59 Å². The highest BCUT2D eigenvalue weighted by Gasteiger charge is 2.55. The molecule has 1 spiro atoms. The molecule has 2 atom stereocenters. The number of nitrogens with one attached hydrogen (secondary N) is 3. The quantitative estimate of drug-likeness (QED) is 0.507. The molecule has 0 bridgehead atoms. The van der Waals surface area contributed by atoms with E-state index in [4.69, 9.17) is 9.47 Å². The molecule has 2 fully saturated rings. The number of carbonyl (C=O) groups is 4. The van der Waals surface area contributed by atoms with E-state index in [1.54, 1.807) is 24.3 Å². The summed E-state index contributed by atoms with van der Waals surface area (Å²) in [6.45, 7) is 1.52. The Balaban J connectivity index is 1.49. The number of carbonyl (C=O) groups excluding carboxylic acids is 4. The van der Waals surface area contributed by atoms with Gasteiger partial charge in [-0.05, 0) is 30.9 Å². The van der Waals surface area contributed by atoms with Crippen LogP contribution >= 0.6 is 0 Å². The maximum atomic E-state index is 13.2. The maximum Gasteiger partial charge on any atom is 0.325 e. The van der Waals surface area contributed by atoms with Crippen molar-refractivity contribution in [3.63, 3.8) is 0 Å². The van der Waals surface area contributed by atoms with Gasteiger partial charge in [-0.15, -0.1) is 0 Å². The molecule has 3 N–H and O–H groups in total. The second-order valence-electron chi connectivity index (χ2n) is 9.06. The van der Waals surface area contributed by atoms with E-state index in [2.05, 4.69) is 16.0 Å². The number of benzene rings is 2. The predicted molar refractivity (Wildman–Crippen MR) is 133 cm³/mol. The molecular weight excluding hydrogens is 464 g/mol. The van der Waals surface area contributed by atoms with Gasteiger partial charge in [0.1, 0.15) is 23.6 Å². The molecular formula is C26H30N4O6. The summed E-state index contributed by atoms with van der Waals surface area (Å²) in [6.07, 6.45) is 3.27. The Bertz CT molecular complexity index is 1180. The van der Waals surface area contributed by atoms with Gasteiger partial charge in [0, 0.05) is 17.7 Å². The van der Waals surface area contributed by atoms with Crippen LogP contribution < -0.4 is 25.4 Å². The van der Waals surface area contributed by atoms with Gasteiger partial charge in [-0.1, -0.05) is 38.0 Å². The average molecular weight is 495 g/mol. The predicted octanol–water partition coefficient (Wildman–Crippen LogP) is 3.40. The summed E-state index contributed by atoms with van der Waals surface area (Å²) in [5.41, 5.74) is 0.151. The lowest BCUT2D eigenvalue weighted by molar-refractivity contribution is -0.136. The van der Waals surface area contributed by atoms with E-state index >= 15 is 0 Å². The molecule has 2 aliphatic rings. The second-order valence-corrected chi connectivity index (χ2v) is 9.06. The van der Waals surface area contributed by atoms with Gasteiger partial charge < -0.3 is 25.4 Å². The Labute approximate surface area is 209 Å². The van der Waals surface area contributed by atoms with Gasteiger partial charge in [-0.2, -0.15) is 0 Å². The zero-order chi connectivity index (χ0) is 25.9. The van der Waals surface area contributed by atoms with Crippen molar-refractivity contribution in [2.24, 2.45) is 5.92 Å². The van der Waals surface area contributed by atoms with Crippen molar-refractivity contribution < 1.29 is 28.7 Å². The van der Waals surface area contributed by atoms with Crippen LogP contribution in [0.3, 0.4) is 0 Å². The molecule has 36 heavy (non-hydrogen) atoms. The number of amides is 5. The minimum atomic E-state index is -0.935. The topological polar surface area (TPSA) is 126 Å². The van der Waals surface area contributed by atoms with E-state index in [9.17, 15) is 19.2 Å². The van der Waals surface area contributed by atoms with Crippen molar-refractivity contribution in [3.8, 4) is 11.5 Å². The first kappa shape index (κ1) is 25.0. The first-order valence-electron chi connectivity index (χ1n) is 11.9. The standard InChI is InChI=1S/C26H30N4O6/c1-16-9-7-8-12-26(16)24(33)30(25(34)29-26)15-22(31)27-18-13-21(36-3)19(14-20(18)35-2)28-23(32)17-10-5-4-6-11-17/h4-6,10-11,13-14,16H,7-9,12,15H2,1-3H3,(H,27,31)(H,28,32)(H,29,34)/t16-,26+/m0/s1. The third-order valence-electron chi connectivity index (χ3n) is 6.88. The molecule has 1 aliphatic carbocycles. The van der Waals surface area contributed by atoms with Crippen molar-refractivity contribution >= 4 is 35.1 Å². The lowest BCUT2D eigenvalue weighted by Crippen LogP contribution is -2.54. The largest absolute Gasteiger partial charge is 0.494 e. The lowest BCUT2D eigenvalue weighted by Gasteiger charge is -2.36. The van der Waals surface area contributed by atoms with Crippen LogP contribution in [0, 0.1) is 5.92 Å². The van der Waals surface area contributed by atoms with Gasteiger partial charge >= 0.3 is 6.03 Å². The summed E-state index contributed by atoms with van der Waals surface area (Å²) in [4.78, 5) is 52.2.